The molecule has 8 aliphatic rings. The van der Waals surface area contributed by atoms with Gasteiger partial charge >= 0.3 is 0 Å². The van der Waals surface area contributed by atoms with E-state index in [4.69, 9.17) is 9.73 Å². The van der Waals surface area contributed by atoms with E-state index in [1.807, 2.05) is 0 Å². The molecule has 1 saturated carbocycles. The van der Waals surface area contributed by atoms with Crippen LogP contribution in [0.25, 0.3) is 269 Å². The van der Waals surface area contributed by atoms with E-state index in [2.05, 4.69) is 61.5 Å². The Morgan fingerprint density at radius 3 is 1.05 bits per heavy atom. The molecule has 7 aliphatic carbocycles. The molecule has 1 fully saturated rings. The molecule has 5 atom stereocenters. The minimum Gasteiger partial charge on any atom is -0.458 e. The van der Waals surface area contributed by atoms with Crippen LogP contribution in [0.2, 0.25) is 0 Å². The van der Waals surface area contributed by atoms with Crippen molar-refractivity contribution in [2.75, 3.05) is 0 Å². The Labute approximate surface area is 422 Å². The number of rotatable bonds is 2. The van der Waals surface area contributed by atoms with Gasteiger partial charge in [-0.3, -0.25) is 0 Å². The molecule has 1 aliphatic heterocycles. The van der Waals surface area contributed by atoms with E-state index in [0.717, 1.165) is 5.90 Å². The summed E-state index contributed by atoms with van der Waals surface area (Å²) in [5.41, 5.74) is 11.2. The molecule has 5 unspecified atom stereocenters. The fraction of sp³-hybridized carbons (Fsp3) is 0.0800. The lowest BCUT2D eigenvalue weighted by Gasteiger charge is -2.52. The van der Waals surface area contributed by atoms with Crippen LogP contribution in [-0.2, 0) is 26.7 Å². The molecule has 2 heteroatoms. The monoisotopic (exact) mass is 943 g/mol. The minimum absolute atomic E-state index is 0.169. The van der Waals surface area contributed by atoms with Gasteiger partial charge in [0.25, 0.3) is 0 Å². The van der Waals surface area contributed by atoms with Gasteiger partial charge in [-0.15, -0.1) is 0 Å². The summed E-state index contributed by atoms with van der Waals surface area (Å²) in [5, 5.41) is 81.1. The van der Waals surface area contributed by atoms with Crippen molar-refractivity contribution in [1.29, 1.82) is 0 Å². The normalized spacial score (nSPS) is 27.0. The first-order chi connectivity index (χ1) is 38.3. The highest BCUT2D eigenvalue weighted by atomic mass is 16.5. The molecule has 77 heavy (non-hydrogen) atoms. The second-order valence-corrected chi connectivity index (χ2v) is 28.2. The third-order valence-electron chi connectivity index (χ3n) is 28.0. The van der Waals surface area contributed by atoms with Gasteiger partial charge in [-0.05, 0) is 310 Å². The Kier molecular flexibility index (Phi) is 2.49. The zero-order chi connectivity index (χ0) is 46.0. The molecule has 1 heterocycles. The summed E-state index contributed by atoms with van der Waals surface area (Å²) in [5.74, 6) is 1.05. The van der Waals surface area contributed by atoms with E-state index in [1.54, 1.807) is 297 Å². The van der Waals surface area contributed by atoms with Gasteiger partial charge in [0.05, 0.1) is 5.41 Å². The van der Waals surface area contributed by atoms with Crippen molar-refractivity contribution in [1.82, 2.24) is 0 Å². The summed E-state index contributed by atoms with van der Waals surface area (Å²) in [4.78, 5) is 6.95. The lowest BCUT2D eigenvalue weighted by atomic mass is 9.52. The van der Waals surface area contributed by atoms with Crippen molar-refractivity contribution >= 4 is 275 Å². The smallest absolute Gasteiger partial charge is 0.218 e. The summed E-state index contributed by atoms with van der Waals surface area (Å²) in [6.45, 7) is 2.31. The van der Waals surface area contributed by atoms with Gasteiger partial charge in [-0.2, -0.15) is 0 Å². The average molecular weight is 944 g/mol. The van der Waals surface area contributed by atoms with Crippen LogP contribution in [0.1, 0.15) is 56.0 Å². The maximum absolute atomic E-state index is 8.87. The topological polar surface area (TPSA) is 21.6 Å². The molecule has 28 aromatic carbocycles. The zero-order valence-corrected chi connectivity index (χ0v) is 39.6. The Morgan fingerprint density at radius 1 is 0.299 bits per heavy atom. The van der Waals surface area contributed by atoms with Crippen molar-refractivity contribution < 1.29 is 4.74 Å². The molecular formula is C75H13NO. The van der Waals surface area contributed by atoms with E-state index < -0.39 is 16.6 Å². The molecule has 0 amide bonds. The van der Waals surface area contributed by atoms with Crippen LogP contribution < -0.4 is 0 Å². The molecule has 0 N–H and O–H groups in total. The van der Waals surface area contributed by atoms with Crippen molar-refractivity contribution in [3.05, 3.63) is 105 Å². The predicted octanol–water partition coefficient (Wildman–Crippen LogP) is 18.7. The summed E-state index contributed by atoms with van der Waals surface area (Å²) in [7, 11) is 0. The van der Waals surface area contributed by atoms with Crippen molar-refractivity contribution in [2.24, 2.45) is 4.99 Å². The molecule has 0 radical (unpaired) electrons. The number of aryl methyl sites for hydroxylation is 1. The summed E-state index contributed by atoms with van der Waals surface area (Å²) >= 11 is 0. The summed E-state index contributed by atoms with van der Waals surface area (Å²) in [6.07, 6.45) is 0. The highest BCUT2D eigenvalue weighted by Crippen LogP contribution is 3.00. The number of hydrogen-bond donors (Lipinski definition) is 0. The first-order valence-electron chi connectivity index (χ1n) is 28.7. The molecule has 324 valence electrons. The SMILES string of the molecule is Cc1ccccc1C1=NC23c4c5c6c7c8c9c%10c%11c(c%12c%13c%14c(c%15c4c4c%16c5c5c7c7c8c8c%10c%10c%17c%11c%13c%11c%13c%14c%14c%15c4c4c%15c%16c5c5c7c7c8c%10c8c(c%11%17)c%10c%13c%14c4c4c%15c5c7c8c%104)C%122O1)C91C(c2ccccc2)C613. The fourth-order valence-electron chi connectivity index (χ4n) is 28.0. The standard InChI is InChI=1S/C75H13NO/c1-11-7-5-6-10-13(11)71-76-75-67-60-51-43-30-24-17-15-14-16-18-19(17)26(30)34-33-25(18)29-23(16)31-27-20(14)22-21(15)28-32(24)42-49-37(28)39-35(22)38-36(27)46-40(31)47-41(29)48-44(33)54(45(34)51)63(67)65-57(48)55(47)64-56(46)61-52(38)53(39)62-59(49)66(58(60)50(42)43)74(75,77-71)69(62)68(61)72(64)70(73(65,72)75)12-8-3-2-4-9-12/h2-10,70H,1H3. The molecule has 28 aromatic rings. The third kappa shape index (κ3) is 1.54. The average Bonchev–Trinajstić information content (AvgIpc) is 1.55. The number of hydrogen-bond acceptors (Lipinski definition) is 2. The molecule has 0 saturated heterocycles. The minimum atomic E-state index is -0.871. The molecule has 36 rings (SSSR count). The Hall–Kier alpha value is -9.37. The third-order valence-corrected chi connectivity index (χ3v) is 28.0. The van der Waals surface area contributed by atoms with Gasteiger partial charge in [0.2, 0.25) is 5.90 Å². The van der Waals surface area contributed by atoms with Gasteiger partial charge < -0.3 is 4.74 Å². The highest BCUT2D eigenvalue weighted by Gasteiger charge is 2.99. The van der Waals surface area contributed by atoms with Crippen LogP contribution in [0.4, 0.5) is 0 Å². The first kappa shape index (κ1) is 29.1. The largest absolute Gasteiger partial charge is 0.458 e. The van der Waals surface area contributed by atoms with Crippen LogP contribution in [0.5, 0.6) is 0 Å². The lowest BCUT2D eigenvalue weighted by Crippen LogP contribution is -2.59. The van der Waals surface area contributed by atoms with Crippen molar-refractivity contribution in [2.45, 2.75) is 34.8 Å². The number of ether oxygens (including phenoxy) is 1. The molecule has 4 spiro atoms. The predicted molar refractivity (Wildman–Crippen MR) is 317 cm³/mol. The van der Waals surface area contributed by atoms with E-state index >= 15 is 0 Å². The van der Waals surface area contributed by atoms with Gasteiger partial charge in [-0.25, -0.2) is 4.99 Å². The summed E-state index contributed by atoms with van der Waals surface area (Å²) in [6, 6.07) is 21.3. The molecule has 0 bridgehead atoms. The quantitative estimate of drug-likeness (QED) is 0.158. The lowest BCUT2D eigenvalue weighted by molar-refractivity contribution is 0.0164. The first-order valence-corrected chi connectivity index (χ1v) is 28.7. The van der Waals surface area contributed by atoms with Crippen LogP contribution >= 0.6 is 0 Å². The molecular weight excluding hydrogens is 931 g/mol. The van der Waals surface area contributed by atoms with E-state index in [-0.39, 0.29) is 11.3 Å². The summed E-state index contributed by atoms with van der Waals surface area (Å²) < 4.78 is 8.87. The van der Waals surface area contributed by atoms with Crippen molar-refractivity contribution in [3.8, 4) is 0 Å². The van der Waals surface area contributed by atoms with Gasteiger partial charge in [0, 0.05) is 33.6 Å². The maximum Gasteiger partial charge on any atom is 0.218 e. The van der Waals surface area contributed by atoms with Crippen LogP contribution in [0.3, 0.4) is 0 Å². The fourth-order valence-corrected chi connectivity index (χ4v) is 28.0. The Bertz CT molecular complexity index is 8050. The number of aliphatic imine (C=N–C) groups is 1. The molecule has 2 nitrogen and oxygen atoms in total. The number of benzene rings is 19. The van der Waals surface area contributed by atoms with Crippen LogP contribution in [0, 0.1) is 6.92 Å². The van der Waals surface area contributed by atoms with E-state index in [1.165, 1.54) is 22.3 Å². The van der Waals surface area contributed by atoms with Gasteiger partial charge in [0.1, 0.15) is 0 Å². The second kappa shape index (κ2) is 6.59. The Morgan fingerprint density at radius 2 is 0.623 bits per heavy atom. The van der Waals surface area contributed by atoms with Crippen LogP contribution in [0.15, 0.2) is 59.6 Å². The van der Waals surface area contributed by atoms with Gasteiger partial charge in [-0.1, -0.05) is 48.5 Å². The molecule has 0 aromatic heterocycles. The Balaban J connectivity index is 1.10. The van der Waals surface area contributed by atoms with E-state index in [0.29, 0.717) is 0 Å². The maximum atomic E-state index is 8.87. The van der Waals surface area contributed by atoms with Gasteiger partial charge in [0.15, 0.2) is 11.1 Å². The van der Waals surface area contributed by atoms with Crippen molar-refractivity contribution in [3.63, 3.8) is 0 Å². The second-order valence-electron chi connectivity index (χ2n) is 28.2. The number of nitrogens with zero attached hydrogens (tertiary/aromatic N) is 1. The highest BCUT2D eigenvalue weighted by molar-refractivity contribution is 6.81. The van der Waals surface area contributed by atoms with Crippen LogP contribution in [-0.4, -0.2) is 5.90 Å². The zero-order valence-electron chi connectivity index (χ0n) is 39.6. The van der Waals surface area contributed by atoms with E-state index in [9.17, 15) is 0 Å².